The quantitative estimate of drug-likeness (QED) is 0.183. The predicted molar refractivity (Wildman–Crippen MR) is 247 cm³/mol. The molecule has 58 heavy (non-hydrogen) atoms. The van der Waals surface area contributed by atoms with Gasteiger partial charge in [0.05, 0.1) is 28.0 Å². The van der Waals surface area contributed by atoms with E-state index in [9.17, 15) is 5.11 Å². The fourth-order valence-electron chi connectivity index (χ4n) is 8.37. The highest BCUT2D eigenvalue weighted by Crippen LogP contribution is 2.48. The minimum Gasteiger partial charge on any atom is -0.507 e. The van der Waals surface area contributed by atoms with Crippen molar-refractivity contribution in [3.8, 4) is 56.3 Å². The first-order chi connectivity index (χ1) is 27.8. The summed E-state index contributed by atoms with van der Waals surface area (Å²) < 4.78 is 4.80. The number of phenols is 1. The lowest BCUT2D eigenvalue weighted by atomic mass is 9.79. The van der Waals surface area contributed by atoms with E-state index in [0.29, 0.717) is 0 Å². The minimum atomic E-state index is -0.314. The van der Waals surface area contributed by atoms with Gasteiger partial charge in [-0.1, -0.05) is 146 Å². The van der Waals surface area contributed by atoms with Gasteiger partial charge in [0.15, 0.2) is 0 Å². The summed E-state index contributed by atoms with van der Waals surface area (Å²) in [6.45, 7) is 17.8. The molecule has 4 nitrogen and oxygen atoms in total. The Labute approximate surface area is 345 Å². The molecule has 0 unspecified atom stereocenters. The maximum Gasteiger partial charge on any atom is 0.149 e. The van der Waals surface area contributed by atoms with Gasteiger partial charge in [0, 0.05) is 54.2 Å². The van der Waals surface area contributed by atoms with Crippen molar-refractivity contribution in [2.75, 3.05) is 0 Å². The van der Waals surface area contributed by atoms with Crippen molar-refractivity contribution < 1.29 is 5.11 Å². The van der Waals surface area contributed by atoms with E-state index in [-0.39, 0.29) is 22.5 Å². The summed E-state index contributed by atoms with van der Waals surface area (Å²) in [7, 11) is 0. The normalized spacial score (nSPS) is 12.4. The zero-order valence-corrected chi connectivity index (χ0v) is 35.4. The first-order valence-corrected chi connectivity index (χ1v) is 21.1. The van der Waals surface area contributed by atoms with E-state index in [2.05, 4.69) is 181 Å². The highest BCUT2D eigenvalue weighted by molar-refractivity contribution is 7.26. The SMILES string of the molecule is CC(C)c1cccc(-c2ccccc2)c1-n1c(-c2cc(C(C)(C)C)cc(C(C)(C)C)c2O)nc2c(-c3cc(-c4ccccn4)cc4c3sc3ccccc34)cccc21. The van der Waals surface area contributed by atoms with Crippen molar-refractivity contribution in [3.63, 3.8) is 0 Å². The third-order valence-corrected chi connectivity index (χ3v) is 12.7. The summed E-state index contributed by atoms with van der Waals surface area (Å²) in [5, 5.41) is 15.0. The number of para-hydroxylation sites is 2. The third-order valence-electron chi connectivity index (χ3n) is 11.4. The molecule has 5 heteroatoms. The standard InChI is InChI=1S/C53H49N3OS/c1-32(2)36-21-16-22-37(33-18-10-9-11-19-33)48(36)56-45-25-17-23-39(47(45)55-51(56)42-30-35(52(3,4)5)31-43(49(42)57)53(6,7)8)41-29-34(44-24-14-15-27-54-44)28-40-38-20-12-13-26-46(38)58-50(40)41/h9-32,57H,1-8H3. The molecule has 0 atom stereocenters. The molecule has 9 rings (SSSR count). The zero-order valence-electron chi connectivity index (χ0n) is 34.6. The number of pyridine rings is 1. The Hall–Kier alpha value is -6.04. The molecular formula is C53H49N3OS. The maximum absolute atomic E-state index is 12.5. The Bertz CT molecular complexity index is 3000. The van der Waals surface area contributed by atoms with Crippen LogP contribution >= 0.6 is 11.3 Å². The number of hydrogen-bond donors (Lipinski definition) is 1. The monoisotopic (exact) mass is 775 g/mol. The van der Waals surface area contributed by atoms with Crippen LogP contribution in [-0.4, -0.2) is 19.6 Å². The molecule has 0 aliphatic heterocycles. The molecule has 9 aromatic rings. The van der Waals surface area contributed by atoms with E-state index in [1.807, 2.05) is 29.7 Å². The second-order valence-electron chi connectivity index (χ2n) is 17.8. The lowest BCUT2D eigenvalue weighted by Gasteiger charge is -2.28. The molecule has 0 saturated heterocycles. The number of thiophene rings is 1. The van der Waals surface area contributed by atoms with Gasteiger partial charge < -0.3 is 5.11 Å². The van der Waals surface area contributed by atoms with Crippen LogP contribution in [0.2, 0.25) is 0 Å². The van der Waals surface area contributed by atoms with Gasteiger partial charge in [-0.2, -0.15) is 0 Å². The Morgan fingerprint density at radius 1 is 0.621 bits per heavy atom. The minimum absolute atomic E-state index is 0.172. The summed E-state index contributed by atoms with van der Waals surface area (Å²) in [6, 6.07) is 47.6. The van der Waals surface area contributed by atoms with Crippen molar-refractivity contribution in [2.45, 2.75) is 72.1 Å². The topological polar surface area (TPSA) is 50.9 Å². The first-order valence-electron chi connectivity index (χ1n) is 20.2. The summed E-state index contributed by atoms with van der Waals surface area (Å²) in [5.41, 5.74) is 12.8. The van der Waals surface area contributed by atoms with Gasteiger partial charge in [-0.3, -0.25) is 9.55 Å². The molecule has 288 valence electrons. The first kappa shape index (κ1) is 37.5. The molecule has 6 aromatic carbocycles. The Kier molecular flexibility index (Phi) is 9.13. The number of aromatic hydroxyl groups is 1. The molecule has 1 N–H and O–H groups in total. The average Bonchev–Trinajstić information content (AvgIpc) is 3.79. The molecule has 0 amide bonds. The van der Waals surface area contributed by atoms with Crippen LogP contribution in [0.25, 0.3) is 81.8 Å². The number of aromatic nitrogens is 3. The van der Waals surface area contributed by atoms with E-state index in [1.165, 1.54) is 25.7 Å². The van der Waals surface area contributed by atoms with Gasteiger partial charge in [-0.05, 0) is 75.9 Å². The number of benzene rings is 6. The molecular weight excluding hydrogens is 727 g/mol. The smallest absolute Gasteiger partial charge is 0.149 e. The summed E-state index contributed by atoms with van der Waals surface area (Å²) in [4.78, 5) is 10.5. The number of phenolic OH excluding ortho intramolecular Hbond substituents is 1. The second-order valence-corrected chi connectivity index (χ2v) is 18.9. The van der Waals surface area contributed by atoms with Gasteiger partial charge in [-0.15, -0.1) is 11.3 Å². The van der Waals surface area contributed by atoms with E-state index >= 15 is 0 Å². The zero-order chi connectivity index (χ0) is 40.5. The number of rotatable bonds is 6. The molecule has 0 bridgehead atoms. The maximum atomic E-state index is 12.5. The molecule has 0 saturated carbocycles. The van der Waals surface area contributed by atoms with Gasteiger partial charge in [0.1, 0.15) is 11.6 Å². The number of fused-ring (bicyclic) bond motifs is 4. The molecule has 3 heterocycles. The highest BCUT2D eigenvalue weighted by Gasteiger charge is 2.30. The fraction of sp³-hybridized carbons (Fsp3) is 0.208. The lowest BCUT2D eigenvalue weighted by Crippen LogP contribution is -2.17. The highest BCUT2D eigenvalue weighted by atomic mass is 32.1. The van der Waals surface area contributed by atoms with Gasteiger partial charge in [-0.25, -0.2) is 4.98 Å². The van der Waals surface area contributed by atoms with Crippen molar-refractivity contribution in [1.29, 1.82) is 0 Å². The summed E-state index contributed by atoms with van der Waals surface area (Å²) in [5.74, 6) is 1.20. The molecule has 0 fully saturated rings. The largest absolute Gasteiger partial charge is 0.507 e. The predicted octanol–water partition coefficient (Wildman–Crippen LogP) is 14.9. The van der Waals surface area contributed by atoms with Gasteiger partial charge in [0.2, 0.25) is 0 Å². The third kappa shape index (κ3) is 6.38. The van der Waals surface area contributed by atoms with E-state index in [1.54, 1.807) is 0 Å². The van der Waals surface area contributed by atoms with Crippen LogP contribution < -0.4 is 0 Å². The van der Waals surface area contributed by atoms with Crippen LogP contribution in [0.3, 0.4) is 0 Å². The number of imidazole rings is 1. The van der Waals surface area contributed by atoms with Crippen molar-refractivity contribution in [2.24, 2.45) is 0 Å². The Balaban J connectivity index is 1.46. The Morgan fingerprint density at radius 2 is 1.34 bits per heavy atom. The average molecular weight is 776 g/mol. The van der Waals surface area contributed by atoms with Gasteiger partial charge in [0.25, 0.3) is 0 Å². The summed E-state index contributed by atoms with van der Waals surface area (Å²) in [6.07, 6.45) is 1.86. The van der Waals surface area contributed by atoms with Crippen LogP contribution in [0.1, 0.15) is 78.0 Å². The van der Waals surface area contributed by atoms with Gasteiger partial charge >= 0.3 is 0 Å². The van der Waals surface area contributed by atoms with E-state index < -0.39 is 0 Å². The molecule has 0 aliphatic rings. The van der Waals surface area contributed by atoms with E-state index in [0.717, 1.165) is 72.7 Å². The molecule has 3 aromatic heterocycles. The fourth-order valence-corrected chi connectivity index (χ4v) is 9.58. The lowest BCUT2D eigenvalue weighted by molar-refractivity contribution is 0.446. The van der Waals surface area contributed by atoms with Crippen LogP contribution in [-0.2, 0) is 10.8 Å². The Morgan fingerprint density at radius 3 is 2.07 bits per heavy atom. The summed E-state index contributed by atoms with van der Waals surface area (Å²) >= 11 is 1.82. The number of nitrogens with zero attached hydrogens (tertiary/aromatic N) is 3. The molecule has 0 spiro atoms. The van der Waals surface area contributed by atoms with E-state index in [4.69, 9.17) is 9.97 Å². The number of hydrogen-bond acceptors (Lipinski definition) is 4. The van der Waals surface area contributed by atoms with Crippen LogP contribution in [0.5, 0.6) is 5.75 Å². The van der Waals surface area contributed by atoms with Crippen LogP contribution in [0, 0.1) is 0 Å². The second kappa shape index (κ2) is 14.1. The van der Waals surface area contributed by atoms with Crippen molar-refractivity contribution in [1.82, 2.24) is 14.5 Å². The van der Waals surface area contributed by atoms with Crippen molar-refractivity contribution in [3.05, 3.63) is 156 Å². The van der Waals surface area contributed by atoms with Crippen molar-refractivity contribution >= 4 is 42.5 Å². The molecule has 0 aliphatic carbocycles. The van der Waals surface area contributed by atoms with Crippen LogP contribution in [0.15, 0.2) is 140 Å². The molecule has 0 radical (unpaired) electrons. The van der Waals surface area contributed by atoms with Crippen LogP contribution in [0.4, 0.5) is 0 Å².